The van der Waals surface area contributed by atoms with Gasteiger partial charge in [-0.25, -0.2) is 17.1 Å². The van der Waals surface area contributed by atoms with E-state index in [-0.39, 0.29) is 18.3 Å². The summed E-state index contributed by atoms with van der Waals surface area (Å²) >= 11 is 5.97. The highest BCUT2D eigenvalue weighted by molar-refractivity contribution is 7.88. The van der Waals surface area contributed by atoms with E-state index in [1.54, 1.807) is 25.2 Å². The van der Waals surface area contributed by atoms with Crippen molar-refractivity contribution >= 4 is 27.5 Å². The highest BCUT2D eigenvalue weighted by Gasteiger charge is 2.26. The maximum Gasteiger partial charge on any atom is 0.211 e. The van der Waals surface area contributed by atoms with Gasteiger partial charge in [-0.1, -0.05) is 18.2 Å². The van der Waals surface area contributed by atoms with Crippen molar-refractivity contribution in [3.8, 4) is 0 Å². The van der Waals surface area contributed by atoms with Gasteiger partial charge in [-0.05, 0) is 24.8 Å². The Morgan fingerprint density at radius 2 is 2.03 bits per heavy atom. The van der Waals surface area contributed by atoms with Crippen molar-refractivity contribution < 1.29 is 12.8 Å². The standard InChI is InChI=1S/C18H30ClFN6O2S/c1-5-15(19)13-24(2)17(10-22)25(3)18(16(20)9-21)23-11-14-7-6-8-26(12-14)29(4,27)28/h5,9-10,13-14H,1,6-8,11-12,21-22H2,2-4H3/b15-13+,16-9?,17-10+,23-18?. The van der Waals surface area contributed by atoms with Crippen molar-refractivity contribution in [3.63, 3.8) is 0 Å². The van der Waals surface area contributed by atoms with Gasteiger partial charge in [-0.15, -0.1) is 0 Å². The number of hydrogen-bond acceptors (Lipinski definition) is 6. The summed E-state index contributed by atoms with van der Waals surface area (Å²) in [5.41, 5.74) is 11.1. The SMILES string of the molecule is C=C/C(Cl)=C\N(C)/C(=C\N)N(C)C(=NCC1CCCN(S(C)(=O)=O)C1)C(F)=CN. The molecule has 164 valence electrons. The van der Waals surface area contributed by atoms with E-state index in [9.17, 15) is 12.8 Å². The minimum atomic E-state index is -3.27. The fraction of sp³-hybridized carbons (Fsp3) is 0.500. The van der Waals surface area contributed by atoms with E-state index in [0.29, 0.717) is 23.9 Å². The second kappa shape index (κ2) is 11.2. The lowest BCUT2D eigenvalue weighted by atomic mass is 10.00. The predicted molar refractivity (Wildman–Crippen MR) is 117 cm³/mol. The maximum atomic E-state index is 14.5. The summed E-state index contributed by atoms with van der Waals surface area (Å²) in [5, 5.41) is 0.372. The molecule has 8 nitrogen and oxygen atoms in total. The molecule has 4 N–H and O–H groups in total. The molecule has 0 aromatic heterocycles. The van der Waals surface area contributed by atoms with Gasteiger partial charge in [0, 0.05) is 52.3 Å². The van der Waals surface area contributed by atoms with Gasteiger partial charge in [0.25, 0.3) is 0 Å². The van der Waals surface area contributed by atoms with Crippen LogP contribution in [0.5, 0.6) is 0 Å². The van der Waals surface area contributed by atoms with Gasteiger partial charge in [-0.2, -0.15) is 0 Å². The van der Waals surface area contributed by atoms with E-state index >= 15 is 0 Å². The number of likely N-dealkylation sites (N-methyl/N-ethyl adjacent to an activating group) is 1. The zero-order chi connectivity index (χ0) is 22.2. The Labute approximate surface area is 177 Å². The molecule has 0 saturated carbocycles. The Morgan fingerprint density at radius 3 is 2.55 bits per heavy atom. The van der Waals surface area contributed by atoms with Crippen molar-refractivity contribution in [2.45, 2.75) is 12.8 Å². The van der Waals surface area contributed by atoms with E-state index in [2.05, 4.69) is 11.6 Å². The molecule has 1 unspecified atom stereocenters. The molecular weight excluding hydrogens is 419 g/mol. The number of hydrogen-bond donors (Lipinski definition) is 2. The summed E-state index contributed by atoms with van der Waals surface area (Å²) in [7, 11) is 0.0143. The van der Waals surface area contributed by atoms with E-state index < -0.39 is 15.9 Å². The summed E-state index contributed by atoms with van der Waals surface area (Å²) in [4.78, 5) is 7.42. The number of nitrogens with two attached hydrogens (primary N) is 2. The first-order valence-corrected chi connectivity index (χ1v) is 11.2. The topological polar surface area (TPSA) is 108 Å². The fourth-order valence-electron chi connectivity index (χ4n) is 2.99. The Hall–Kier alpha value is -2.04. The molecular formula is C18H30ClFN6O2S. The van der Waals surface area contributed by atoms with Crippen LogP contribution in [0, 0.1) is 5.92 Å². The zero-order valence-corrected chi connectivity index (χ0v) is 18.6. The molecule has 0 radical (unpaired) electrons. The molecule has 1 saturated heterocycles. The Kier molecular flexibility index (Phi) is 9.67. The van der Waals surface area contributed by atoms with Crippen LogP contribution in [0.1, 0.15) is 12.8 Å². The third kappa shape index (κ3) is 7.37. The maximum absolute atomic E-state index is 14.5. The second-order valence-electron chi connectivity index (χ2n) is 6.72. The molecule has 1 atom stereocenters. The molecule has 0 amide bonds. The Bertz CT molecular complexity index is 809. The van der Waals surface area contributed by atoms with Crippen LogP contribution in [-0.2, 0) is 10.0 Å². The van der Waals surface area contributed by atoms with Crippen molar-refractivity contribution in [3.05, 3.63) is 47.9 Å². The van der Waals surface area contributed by atoms with Gasteiger partial charge < -0.3 is 21.3 Å². The molecule has 1 aliphatic rings. The van der Waals surface area contributed by atoms with Crippen LogP contribution in [0.2, 0.25) is 0 Å². The largest absolute Gasteiger partial charge is 0.402 e. The minimum absolute atomic E-state index is 0.0179. The van der Waals surface area contributed by atoms with Gasteiger partial charge in [0.1, 0.15) is 5.82 Å². The van der Waals surface area contributed by atoms with Gasteiger partial charge >= 0.3 is 0 Å². The third-order valence-corrected chi connectivity index (χ3v) is 6.02. The van der Waals surface area contributed by atoms with Crippen LogP contribution in [0.4, 0.5) is 4.39 Å². The summed E-state index contributed by atoms with van der Waals surface area (Å²) in [5.74, 6) is -0.363. The van der Waals surface area contributed by atoms with E-state index in [0.717, 1.165) is 19.0 Å². The minimum Gasteiger partial charge on any atom is -0.402 e. The van der Waals surface area contributed by atoms with Crippen LogP contribution < -0.4 is 11.5 Å². The number of allylic oxidation sites excluding steroid dienone is 2. The highest BCUT2D eigenvalue weighted by Crippen LogP contribution is 2.20. The van der Waals surface area contributed by atoms with Crippen LogP contribution in [0.25, 0.3) is 0 Å². The van der Waals surface area contributed by atoms with E-state index in [4.69, 9.17) is 23.1 Å². The normalized spacial score (nSPS) is 20.5. The molecule has 29 heavy (non-hydrogen) atoms. The quantitative estimate of drug-likeness (QED) is 0.332. The number of aliphatic imine (C=N–C) groups is 1. The Morgan fingerprint density at radius 1 is 1.38 bits per heavy atom. The average Bonchev–Trinajstić information content (AvgIpc) is 2.67. The van der Waals surface area contributed by atoms with Gasteiger partial charge in [0.15, 0.2) is 11.7 Å². The zero-order valence-electron chi connectivity index (χ0n) is 17.1. The first-order valence-electron chi connectivity index (χ1n) is 9.00. The fourth-order valence-corrected chi connectivity index (χ4v) is 4.08. The van der Waals surface area contributed by atoms with Crippen molar-refractivity contribution in [2.24, 2.45) is 22.4 Å². The lowest BCUT2D eigenvalue weighted by Gasteiger charge is -2.31. The van der Waals surface area contributed by atoms with E-state index in [1.807, 2.05) is 0 Å². The van der Waals surface area contributed by atoms with Crippen molar-refractivity contribution in [1.29, 1.82) is 0 Å². The van der Waals surface area contributed by atoms with Crippen molar-refractivity contribution in [1.82, 2.24) is 14.1 Å². The lowest BCUT2D eigenvalue weighted by molar-refractivity contribution is 0.272. The summed E-state index contributed by atoms with van der Waals surface area (Å²) in [6, 6.07) is 0. The molecule has 1 heterocycles. The molecule has 1 rings (SSSR count). The number of amidine groups is 1. The highest BCUT2D eigenvalue weighted by atomic mass is 35.5. The van der Waals surface area contributed by atoms with Crippen LogP contribution >= 0.6 is 11.6 Å². The van der Waals surface area contributed by atoms with Gasteiger partial charge in [0.2, 0.25) is 10.0 Å². The third-order valence-electron chi connectivity index (χ3n) is 4.49. The predicted octanol–water partition coefficient (Wildman–Crippen LogP) is 1.71. The number of sulfonamides is 1. The molecule has 1 aliphatic heterocycles. The summed E-state index contributed by atoms with van der Waals surface area (Å²) in [6.07, 6.45) is 7.85. The smallest absolute Gasteiger partial charge is 0.211 e. The monoisotopic (exact) mass is 448 g/mol. The van der Waals surface area contributed by atoms with Crippen LogP contribution in [0.3, 0.4) is 0 Å². The van der Waals surface area contributed by atoms with Gasteiger partial charge in [-0.3, -0.25) is 4.99 Å². The number of halogens is 2. The number of nitrogens with zero attached hydrogens (tertiary/aromatic N) is 4. The molecule has 0 bridgehead atoms. The average molecular weight is 449 g/mol. The van der Waals surface area contributed by atoms with Crippen LogP contribution in [0.15, 0.2) is 52.9 Å². The molecule has 11 heteroatoms. The van der Waals surface area contributed by atoms with Crippen molar-refractivity contribution in [2.75, 3.05) is 40.0 Å². The first kappa shape index (κ1) is 25.0. The molecule has 0 aromatic carbocycles. The molecule has 0 aliphatic carbocycles. The van der Waals surface area contributed by atoms with Gasteiger partial charge in [0.05, 0.1) is 11.3 Å². The first-order chi connectivity index (χ1) is 13.5. The van der Waals surface area contributed by atoms with Crippen LogP contribution in [-0.4, -0.2) is 68.3 Å². The van der Waals surface area contributed by atoms with E-state index in [1.165, 1.54) is 27.7 Å². The molecule has 0 spiro atoms. The second-order valence-corrected chi connectivity index (χ2v) is 9.14. The Balaban J connectivity index is 3.08. The number of rotatable bonds is 8. The summed E-state index contributed by atoms with van der Waals surface area (Å²) in [6.45, 7) is 4.67. The summed E-state index contributed by atoms with van der Waals surface area (Å²) < 4.78 is 39.5. The molecule has 0 aromatic rings. The number of piperidine rings is 1. The molecule has 1 fully saturated rings. The lowest BCUT2D eigenvalue weighted by Crippen LogP contribution is -2.40.